The van der Waals surface area contributed by atoms with Gasteiger partial charge in [0, 0.05) is 16.6 Å². The Morgan fingerprint density at radius 3 is 2.63 bits per heavy atom. The molecular formula is C13H16N4S2. The molecule has 0 radical (unpaired) electrons. The maximum absolute atomic E-state index is 5.54. The van der Waals surface area contributed by atoms with Gasteiger partial charge in [0.1, 0.15) is 10.8 Å². The van der Waals surface area contributed by atoms with Crippen LogP contribution in [0.4, 0.5) is 5.82 Å². The zero-order valence-electron chi connectivity index (χ0n) is 11.1. The summed E-state index contributed by atoms with van der Waals surface area (Å²) in [6, 6.07) is 3.93. The maximum atomic E-state index is 5.54. The summed E-state index contributed by atoms with van der Waals surface area (Å²) in [5.41, 5.74) is 7.39. The van der Waals surface area contributed by atoms with Crippen molar-refractivity contribution in [1.82, 2.24) is 9.97 Å². The van der Waals surface area contributed by atoms with Crippen molar-refractivity contribution >= 4 is 34.4 Å². The summed E-state index contributed by atoms with van der Waals surface area (Å²) >= 11 is 6.61. The zero-order valence-corrected chi connectivity index (χ0v) is 12.7. The average Bonchev–Trinajstić information content (AvgIpc) is 2.69. The topological polar surface area (TPSA) is 63.8 Å². The zero-order chi connectivity index (χ0) is 14.0. The lowest BCUT2D eigenvalue weighted by molar-refractivity contribution is 0.880. The first-order chi connectivity index (χ1) is 8.97. The highest BCUT2D eigenvalue weighted by Crippen LogP contribution is 2.26. The van der Waals surface area contributed by atoms with Gasteiger partial charge >= 0.3 is 0 Å². The predicted octanol–water partition coefficient (Wildman–Crippen LogP) is 2.96. The maximum Gasteiger partial charge on any atom is 0.126 e. The summed E-state index contributed by atoms with van der Waals surface area (Å²) in [5.74, 6) is 0.804. The Bertz CT molecular complexity index is 589. The van der Waals surface area contributed by atoms with E-state index in [0.29, 0.717) is 4.99 Å². The third kappa shape index (κ3) is 3.27. The molecule has 0 amide bonds. The number of aryl methyl sites for hydroxylation is 2. The highest BCUT2D eigenvalue weighted by atomic mass is 32.1. The number of nitrogens with one attached hydrogen (secondary N) is 1. The Kier molecular flexibility index (Phi) is 4.11. The largest absolute Gasteiger partial charge is 0.389 e. The van der Waals surface area contributed by atoms with Crippen LogP contribution in [0.3, 0.4) is 0 Å². The van der Waals surface area contributed by atoms with Gasteiger partial charge in [-0.05, 0) is 32.9 Å². The number of nitrogens with two attached hydrogens (primary N) is 1. The summed E-state index contributed by atoms with van der Waals surface area (Å²) < 4.78 is 0. The summed E-state index contributed by atoms with van der Waals surface area (Å²) in [5, 5.41) is 4.44. The Labute approximate surface area is 122 Å². The molecule has 2 rings (SSSR count). The van der Waals surface area contributed by atoms with E-state index in [4.69, 9.17) is 18.0 Å². The van der Waals surface area contributed by atoms with Crippen molar-refractivity contribution in [3.63, 3.8) is 0 Å². The molecule has 0 bridgehead atoms. The second kappa shape index (κ2) is 5.63. The number of aromatic nitrogens is 2. The second-order valence-electron chi connectivity index (χ2n) is 4.34. The molecule has 6 heteroatoms. The molecule has 0 aliphatic rings. The lowest BCUT2D eigenvalue weighted by Gasteiger charge is -2.13. The van der Waals surface area contributed by atoms with E-state index in [-0.39, 0.29) is 6.04 Å². The molecule has 2 aromatic rings. The van der Waals surface area contributed by atoms with Crippen LogP contribution in [-0.2, 0) is 0 Å². The summed E-state index contributed by atoms with van der Waals surface area (Å²) in [7, 11) is 0. The van der Waals surface area contributed by atoms with Gasteiger partial charge in [-0.3, -0.25) is 0 Å². The molecule has 100 valence electrons. The van der Waals surface area contributed by atoms with Crippen molar-refractivity contribution in [3.8, 4) is 0 Å². The number of thiocarbonyl (C=S) groups is 1. The Morgan fingerprint density at radius 2 is 2.16 bits per heavy atom. The monoisotopic (exact) mass is 292 g/mol. The fourth-order valence-electron chi connectivity index (χ4n) is 1.86. The van der Waals surface area contributed by atoms with Crippen LogP contribution in [0.1, 0.15) is 34.1 Å². The van der Waals surface area contributed by atoms with E-state index in [2.05, 4.69) is 22.2 Å². The van der Waals surface area contributed by atoms with Gasteiger partial charge in [-0.1, -0.05) is 12.2 Å². The van der Waals surface area contributed by atoms with Gasteiger partial charge in [-0.15, -0.1) is 11.3 Å². The van der Waals surface area contributed by atoms with Crippen LogP contribution < -0.4 is 11.1 Å². The first-order valence-corrected chi connectivity index (χ1v) is 7.16. The number of hydrogen-bond donors (Lipinski definition) is 2. The van der Waals surface area contributed by atoms with Crippen molar-refractivity contribution in [2.75, 3.05) is 5.32 Å². The second-order valence-corrected chi connectivity index (χ2v) is 6.02. The van der Waals surface area contributed by atoms with Crippen LogP contribution in [-0.4, -0.2) is 15.0 Å². The number of rotatable bonds is 4. The van der Waals surface area contributed by atoms with Gasteiger partial charge in [0.25, 0.3) is 0 Å². The highest BCUT2D eigenvalue weighted by Gasteiger charge is 2.13. The Balaban J connectivity index is 2.12. The van der Waals surface area contributed by atoms with Crippen LogP contribution in [0, 0.1) is 13.8 Å². The number of anilines is 1. The predicted molar refractivity (Wildman–Crippen MR) is 83.8 cm³/mol. The van der Waals surface area contributed by atoms with Crippen LogP contribution >= 0.6 is 23.6 Å². The van der Waals surface area contributed by atoms with E-state index in [9.17, 15) is 0 Å². The smallest absolute Gasteiger partial charge is 0.126 e. The van der Waals surface area contributed by atoms with Gasteiger partial charge in [-0.2, -0.15) is 0 Å². The quantitative estimate of drug-likeness (QED) is 0.848. The van der Waals surface area contributed by atoms with Crippen molar-refractivity contribution in [2.24, 2.45) is 5.73 Å². The molecule has 3 N–H and O–H groups in total. The van der Waals surface area contributed by atoms with Gasteiger partial charge < -0.3 is 11.1 Å². The van der Waals surface area contributed by atoms with Crippen LogP contribution in [0.5, 0.6) is 0 Å². The van der Waals surface area contributed by atoms with E-state index in [1.807, 2.05) is 26.0 Å². The fraction of sp³-hybridized carbons (Fsp3) is 0.308. The molecule has 1 atom stereocenters. The molecule has 2 heterocycles. The summed E-state index contributed by atoms with van der Waals surface area (Å²) in [6.45, 7) is 6.15. The first-order valence-electron chi connectivity index (χ1n) is 5.93. The van der Waals surface area contributed by atoms with Gasteiger partial charge in [-0.25, -0.2) is 9.97 Å². The van der Waals surface area contributed by atoms with Crippen LogP contribution in [0.25, 0.3) is 0 Å². The molecule has 0 aliphatic carbocycles. The number of nitrogens with zero attached hydrogens (tertiary/aromatic N) is 2. The lowest BCUT2D eigenvalue weighted by atomic mass is 10.2. The normalized spacial score (nSPS) is 12.2. The molecule has 0 saturated carbocycles. The minimum atomic E-state index is 0.175. The third-order valence-electron chi connectivity index (χ3n) is 2.75. The fourth-order valence-corrected chi connectivity index (χ4v) is 2.91. The van der Waals surface area contributed by atoms with Crippen LogP contribution in [0.2, 0.25) is 0 Å². The molecule has 0 spiro atoms. The molecule has 4 nitrogen and oxygen atoms in total. The molecule has 19 heavy (non-hydrogen) atoms. The van der Waals surface area contributed by atoms with E-state index < -0.39 is 0 Å². The van der Waals surface area contributed by atoms with Crippen molar-refractivity contribution < 1.29 is 0 Å². The van der Waals surface area contributed by atoms with E-state index in [1.165, 1.54) is 4.88 Å². The van der Waals surface area contributed by atoms with Gasteiger partial charge in [0.05, 0.1) is 16.7 Å². The third-order valence-corrected chi connectivity index (χ3v) is 4.24. The van der Waals surface area contributed by atoms with E-state index >= 15 is 0 Å². The number of thiazole rings is 1. The molecule has 0 saturated heterocycles. The molecule has 0 aliphatic heterocycles. The molecule has 0 fully saturated rings. The van der Waals surface area contributed by atoms with Gasteiger partial charge in [0.15, 0.2) is 0 Å². The van der Waals surface area contributed by atoms with Crippen molar-refractivity contribution in [2.45, 2.75) is 26.8 Å². The summed E-state index contributed by atoms with van der Waals surface area (Å²) in [4.78, 5) is 10.3. The first kappa shape index (κ1) is 13.9. The Hall–Kier alpha value is -1.53. The lowest BCUT2D eigenvalue weighted by Crippen LogP contribution is -2.11. The van der Waals surface area contributed by atoms with E-state index in [1.54, 1.807) is 17.5 Å². The van der Waals surface area contributed by atoms with E-state index in [0.717, 1.165) is 22.1 Å². The standard InChI is InChI=1S/C13H16N4S2/c1-7-12(19-9(3)16-7)8(2)17-11-5-4-10(6-15-11)13(14)18/h4-6,8H,1-3H3,(H2,14,18)(H,15,17). The molecule has 0 aromatic carbocycles. The molecule has 1 unspecified atom stereocenters. The molecular weight excluding hydrogens is 276 g/mol. The van der Waals surface area contributed by atoms with Crippen LogP contribution in [0.15, 0.2) is 18.3 Å². The SMILES string of the molecule is Cc1nc(C)c(C(C)Nc2ccc(C(N)=S)cn2)s1. The summed E-state index contributed by atoms with van der Waals surface area (Å²) in [6.07, 6.45) is 1.68. The number of hydrogen-bond acceptors (Lipinski definition) is 5. The van der Waals surface area contributed by atoms with Crippen molar-refractivity contribution in [1.29, 1.82) is 0 Å². The Morgan fingerprint density at radius 1 is 1.42 bits per heavy atom. The minimum absolute atomic E-state index is 0.175. The molecule has 2 aromatic heterocycles. The van der Waals surface area contributed by atoms with Crippen molar-refractivity contribution in [3.05, 3.63) is 39.5 Å². The number of pyridine rings is 1. The highest BCUT2D eigenvalue weighted by molar-refractivity contribution is 7.80. The average molecular weight is 292 g/mol. The van der Waals surface area contributed by atoms with Gasteiger partial charge in [0.2, 0.25) is 0 Å². The minimum Gasteiger partial charge on any atom is -0.389 e.